The van der Waals surface area contributed by atoms with Gasteiger partial charge in [-0.15, -0.1) is 0 Å². The summed E-state index contributed by atoms with van der Waals surface area (Å²) >= 11 is 0. The molecule has 0 radical (unpaired) electrons. The molecule has 0 aliphatic heterocycles. The molecule has 1 unspecified atom stereocenters. The summed E-state index contributed by atoms with van der Waals surface area (Å²) in [4.78, 5) is 10.6. The van der Waals surface area contributed by atoms with Gasteiger partial charge >= 0.3 is 5.69 Å². The Labute approximate surface area is 99.5 Å². The number of rotatable bonds is 5. The molecule has 0 aliphatic carbocycles. The fraction of sp³-hybridized carbons (Fsp3) is 0.455. The molecule has 0 aromatic heterocycles. The second kappa shape index (κ2) is 5.49. The average molecular weight is 240 g/mol. The molecular weight excluding hydrogens is 224 g/mol. The summed E-state index contributed by atoms with van der Waals surface area (Å²) in [7, 11) is 2.81. The molecule has 94 valence electrons. The normalized spacial score (nSPS) is 12.0. The van der Waals surface area contributed by atoms with Gasteiger partial charge in [-0.25, -0.2) is 0 Å². The van der Waals surface area contributed by atoms with Gasteiger partial charge in [0.25, 0.3) is 0 Å². The van der Waals surface area contributed by atoms with Crippen molar-refractivity contribution in [1.82, 2.24) is 0 Å². The van der Waals surface area contributed by atoms with E-state index in [1.807, 2.05) is 0 Å². The second-order valence-corrected chi connectivity index (χ2v) is 3.75. The third-order valence-corrected chi connectivity index (χ3v) is 2.33. The molecule has 0 fully saturated rings. The molecule has 0 heterocycles. The molecule has 0 spiro atoms. The SMILES string of the molecule is COc1ccc(CC(C)N)c([N+](=O)[O-])c1OC. The van der Waals surface area contributed by atoms with Crippen LogP contribution in [-0.2, 0) is 6.42 Å². The van der Waals surface area contributed by atoms with Gasteiger partial charge in [0.1, 0.15) is 0 Å². The minimum absolute atomic E-state index is 0.0795. The van der Waals surface area contributed by atoms with Gasteiger partial charge in [0.15, 0.2) is 5.75 Å². The molecule has 1 rings (SSSR count). The van der Waals surface area contributed by atoms with E-state index >= 15 is 0 Å². The fourth-order valence-electron chi connectivity index (χ4n) is 1.66. The van der Waals surface area contributed by atoms with Crippen molar-refractivity contribution in [1.29, 1.82) is 0 Å². The summed E-state index contributed by atoms with van der Waals surface area (Å²) in [6.45, 7) is 1.79. The third kappa shape index (κ3) is 2.85. The smallest absolute Gasteiger partial charge is 0.318 e. The van der Waals surface area contributed by atoms with Crippen molar-refractivity contribution in [3.05, 3.63) is 27.8 Å². The predicted molar refractivity (Wildman–Crippen MR) is 63.6 cm³/mol. The summed E-state index contributed by atoms with van der Waals surface area (Å²) in [5, 5.41) is 11.1. The highest BCUT2D eigenvalue weighted by Gasteiger charge is 2.25. The van der Waals surface area contributed by atoms with E-state index in [2.05, 4.69) is 0 Å². The van der Waals surface area contributed by atoms with Gasteiger partial charge in [-0.2, -0.15) is 0 Å². The summed E-state index contributed by atoms with van der Waals surface area (Å²) in [6.07, 6.45) is 0.413. The highest BCUT2D eigenvalue weighted by atomic mass is 16.6. The van der Waals surface area contributed by atoms with Crippen LogP contribution >= 0.6 is 0 Å². The number of nitro benzene ring substituents is 1. The van der Waals surface area contributed by atoms with Crippen LogP contribution in [0.15, 0.2) is 12.1 Å². The van der Waals surface area contributed by atoms with Gasteiger partial charge in [-0.1, -0.05) is 0 Å². The Hall–Kier alpha value is -1.82. The van der Waals surface area contributed by atoms with E-state index in [-0.39, 0.29) is 17.5 Å². The Morgan fingerprint density at radius 3 is 2.47 bits per heavy atom. The quantitative estimate of drug-likeness (QED) is 0.622. The largest absolute Gasteiger partial charge is 0.493 e. The van der Waals surface area contributed by atoms with E-state index in [1.54, 1.807) is 19.1 Å². The van der Waals surface area contributed by atoms with E-state index in [0.717, 1.165) is 0 Å². The Kier molecular flexibility index (Phi) is 4.28. The van der Waals surface area contributed by atoms with E-state index in [1.165, 1.54) is 14.2 Å². The van der Waals surface area contributed by atoms with Gasteiger partial charge in [0.2, 0.25) is 5.75 Å². The maximum absolute atomic E-state index is 11.1. The zero-order valence-corrected chi connectivity index (χ0v) is 10.1. The molecule has 2 N–H and O–H groups in total. The molecule has 17 heavy (non-hydrogen) atoms. The van der Waals surface area contributed by atoms with Gasteiger partial charge in [-0.05, 0) is 25.5 Å². The Morgan fingerprint density at radius 2 is 2.06 bits per heavy atom. The van der Waals surface area contributed by atoms with E-state index in [4.69, 9.17) is 15.2 Å². The van der Waals surface area contributed by atoms with Crippen LogP contribution in [0.2, 0.25) is 0 Å². The van der Waals surface area contributed by atoms with Crippen LogP contribution in [-0.4, -0.2) is 25.2 Å². The topological polar surface area (TPSA) is 87.6 Å². The van der Waals surface area contributed by atoms with Crippen molar-refractivity contribution in [2.75, 3.05) is 14.2 Å². The second-order valence-electron chi connectivity index (χ2n) is 3.75. The van der Waals surface area contributed by atoms with E-state index in [9.17, 15) is 10.1 Å². The van der Waals surface area contributed by atoms with Crippen molar-refractivity contribution in [3.63, 3.8) is 0 Å². The van der Waals surface area contributed by atoms with Crippen LogP contribution in [0.5, 0.6) is 11.5 Å². The van der Waals surface area contributed by atoms with Gasteiger partial charge in [0, 0.05) is 11.6 Å². The number of nitrogens with zero attached hydrogens (tertiary/aromatic N) is 1. The molecule has 0 saturated carbocycles. The van der Waals surface area contributed by atoms with Crippen molar-refractivity contribution >= 4 is 5.69 Å². The molecule has 1 atom stereocenters. The maximum Gasteiger partial charge on any atom is 0.318 e. The summed E-state index contributed by atoms with van der Waals surface area (Å²) in [5.74, 6) is 0.475. The number of benzene rings is 1. The molecular formula is C11H16N2O4. The predicted octanol–water partition coefficient (Wildman–Crippen LogP) is 1.50. The summed E-state index contributed by atoms with van der Waals surface area (Å²) in [6, 6.07) is 3.12. The van der Waals surface area contributed by atoms with Crippen molar-refractivity contribution in [3.8, 4) is 11.5 Å². The fourth-order valence-corrected chi connectivity index (χ4v) is 1.66. The summed E-state index contributed by atoms with van der Waals surface area (Å²) < 4.78 is 10.1. The van der Waals surface area contributed by atoms with Crippen molar-refractivity contribution in [2.45, 2.75) is 19.4 Å². The number of methoxy groups -OCH3 is 2. The lowest BCUT2D eigenvalue weighted by atomic mass is 10.0. The first-order valence-electron chi connectivity index (χ1n) is 5.15. The molecule has 6 nitrogen and oxygen atoms in total. The highest BCUT2D eigenvalue weighted by Crippen LogP contribution is 2.39. The monoisotopic (exact) mass is 240 g/mol. The first-order valence-corrected chi connectivity index (χ1v) is 5.15. The van der Waals surface area contributed by atoms with Crippen LogP contribution in [0, 0.1) is 10.1 Å². The zero-order valence-electron chi connectivity index (χ0n) is 10.1. The zero-order chi connectivity index (χ0) is 13.0. The molecule has 0 amide bonds. The van der Waals surface area contributed by atoms with E-state index < -0.39 is 4.92 Å². The van der Waals surface area contributed by atoms with Crippen LogP contribution in [0.4, 0.5) is 5.69 Å². The molecule has 0 bridgehead atoms. The lowest BCUT2D eigenvalue weighted by molar-refractivity contribution is -0.386. The number of nitrogens with two attached hydrogens (primary N) is 1. The lowest BCUT2D eigenvalue weighted by Gasteiger charge is -2.12. The Morgan fingerprint density at radius 1 is 1.41 bits per heavy atom. The first kappa shape index (κ1) is 13.2. The minimum atomic E-state index is -0.473. The van der Waals surface area contributed by atoms with Crippen molar-refractivity contribution in [2.24, 2.45) is 5.73 Å². The number of hydrogen-bond acceptors (Lipinski definition) is 5. The Balaban J connectivity index is 3.36. The lowest BCUT2D eigenvalue weighted by Crippen LogP contribution is -2.18. The van der Waals surface area contributed by atoms with Crippen molar-refractivity contribution < 1.29 is 14.4 Å². The molecule has 1 aromatic rings. The van der Waals surface area contributed by atoms with E-state index in [0.29, 0.717) is 17.7 Å². The van der Waals surface area contributed by atoms with Gasteiger partial charge in [0.05, 0.1) is 19.1 Å². The highest BCUT2D eigenvalue weighted by molar-refractivity contribution is 5.60. The molecule has 1 aromatic carbocycles. The van der Waals surface area contributed by atoms with Crippen LogP contribution in [0.1, 0.15) is 12.5 Å². The average Bonchev–Trinajstić information content (AvgIpc) is 2.26. The minimum Gasteiger partial charge on any atom is -0.493 e. The Bertz CT molecular complexity index is 418. The summed E-state index contributed by atoms with van der Waals surface area (Å²) in [5.41, 5.74) is 6.13. The number of nitro groups is 1. The molecule has 0 aliphatic rings. The maximum atomic E-state index is 11.1. The van der Waals surface area contributed by atoms with Crippen LogP contribution in [0.3, 0.4) is 0 Å². The van der Waals surface area contributed by atoms with Crippen LogP contribution in [0.25, 0.3) is 0 Å². The molecule has 6 heteroatoms. The van der Waals surface area contributed by atoms with Crippen LogP contribution < -0.4 is 15.2 Å². The van der Waals surface area contributed by atoms with Gasteiger partial charge in [-0.3, -0.25) is 10.1 Å². The third-order valence-electron chi connectivity index (χ3n) is 2.33. The first-order chi connectivity index (χ1) is 8.01. The molecule has 0 saturated heterocycles. The number of ether oxygens (including phenoxy) is 2. The van der Waals surface area contributed by atoms with Gasteiger partial charge < -0.3 is 15.2 Å². The standard InChI is InChI=1S/C11H16N2O4/c1-7(12)6-8-4-5-9(16-2)11(17-3)10(8)13(14)15/h4-5,7H,6,12H2,1-3H3. The number of hydrogen-bond donors (Lipinski definition) is 1.